The average Bonchev–Trinajstić information content (AvgIpc) is 2.59. The summed E-state index contributed by atoms with van der Waals surface area (Å²) >= 11 is 5.93. The summed E-state index contributed by atoms with van der Waals surface area (Å²) in [6, 6.07) is 10.8. The minimum absolute atomic E-state index is 0.147. The summed E-state index contributed by atoms with van der Waals surface area (Å²) in [5.74, 6) is 0.109. The number of hydrogen-bond donors (Lipinski definition) is 0. The van der Waals surface area contributed by atoms with E-state index in [0.717, 1.165) is 25.9 Å². The molecule has 1 aromatic heterocycles. The largest absolute Gasteiger partial charge is 0.480 e. The molecule has 4 nitrogen and oxygen atoms in total. The van der Waals surface area contributed by atoms with E-state index >= 15 is 0 Å². The first-order valence-electron chi connectivity index (χ1n) is 7.49. The standard InChI is InChI=1S/C18H20ClNO3/c1-22-12-4-3-5-13-6-8-14(9-7-13)17(21)16-11-10-15(19)18(20-16)23-2/h6-11H,3-5,12H2,1-2H3. The lowest BCUT2D eigenvalue weighted by Crippen LogP contribution is -2.05. The normalized spacial score (nSPS) is 10.6. The Bertz CT molecular complexity index is 656. The van der Waals surface area contributed by atoms with E-state index in [9.17, 15) is 4.79 Å². The smallest absolute Gasteiger partial charge is 0.232 e. The molecule has 0 amide bonds. The summed E-state index contributed by atoms with van der Waals surface area (Å²) in [5, 5.41) is 0.385. The molecule has 0 saturated heterocycles. The van der Waals surface area contributed by atoms with Gasteiger partial charge < -0.3 is 9.47 Å². The van der Waals surface area contributed by atoms with E-state index in [0.29, 0.717) is 16.3 Å². The molecule has 23 heavy (non-hydrogen) atoms. The number of halogens is 1. The molecule has 2 aromatic rings. The Morgan fingerprint density at radius 1 is 1.09 bits per heavy atom. The van der Waals surface area contributed by atoms with Gasteiger partial charge in [0.2, 0.25) is 11.7 Å². The van der Waals surface area contributed by atoms with Crippen LogP contribution in [-0.2, 0) is 11.2 Å². The maximum Gasteiger partial charge on any atom is 0.232 e. The highest BCUT2D eigenvalue weighted by Crippen LogP contribution is 2.22. The molecule has 0 aliphatic heterocycles. The van der Waals surface area contributed by atoms with Crippen LogP contribution in [0.1, 0.15) is 34.5 Å². The summed E-state index contributed by atoms with van der Waals surface area (Å²) < 4.78 is 10.1. The van der Waals surface area contributed by atoms with Gasteiger partial charge >= 0.3 is 0 Å². The van der Waals surface area contributed by atoms with Crippen molar-refractivity contribution in [1.82, 2.24) is 4.98 Å². The molecule has 5 heteroatoms. The Labute approximate surface area is 141 Å². The van der Waals surface area contributed by atoms with Gasteiger partial charge in [0.25, 0.3) is 0 Å². The molecule has 0 atom stereocenters. The number of nitrogens with zero attached hydrogens (tertiary/aromatic N) is 1. The van der Waals surface area contributed by atoms with Crippen LogP contribution in [0.3, 0.4) is 0 Å². The van der Waals surface area contributed by atoms with Crippen LogP contribution in [0.2, 0.25) is 5.02 Å². The average molecular weight is 334 g/mol. The van der Waals surface area contributed by atoms with Crippen LogP contribution in [0.5, 0.6) is 5.88 Å². The van der Waals surface area contributed by atoms with Gasteiger partial charge in [-0.2, -0.15) is 0 Å². The molecule has 0 bridgehead atoms. The van der Waals surface area contributed by atoms with Gasteiger partial charge in [0.15, 0.2) is 0 Å². The third-order valence-corrected chi connectivity index (χ3v) is 3.81. The first-order chi connectivity index (χ1) is 11.2. The fraction of sp³-hybridized carbons (Fsp3) is 0.333. The highest BCUT2D eigenvalue weighted by Gasteiger charge is 2.13. The lowest BCUT2D eigenvalue weighted by molar-refractivity contribution is 0.103. The maximum absolute atomic E-state index is 12.5. The van der Waals surface area contributed by atoms with Crippen LogP contribution < -0.4 is 4.74 Å². The molecule has 0 aliphatic carbocycles. The Balaban J connectivity index is 2.05. The monoisotopic (exact) mass is 333 g/mol. The van der Waals surface area contributed by atoms with Crippen molar-refractivity contribution in [3.63, 3.8) is 0 Å². The molecule has 0 unspecified atom stereocenters. The predicted molar refractivity (Wildman–Crippen MR) is 90.5 cm³/mol. The first-order valence-corrected chi connectivity index (χ1v) is 7.86. The van der Waals surface area contributed by atoms with Gasteiger partial charge in [-0.25, -0.2) is 4.98 Å². The zero-order valence-corrected chi connectivity index (χ0v) is 14.1. The van der Waals surface area contributed by atoms with Crippen LogP contribution in [-0.4, -0.2) is 31.6 Å². The van der Waals surface area contributed by atoms with Gasteiger partial charge in [-0.15, -0.1) is 0 Å². The van der Waals surface area contributed by atoms with Gasteiger partial charge in [0.1, 0.15) is 10.7 Å². The number of aromatic nitrogens is 1. The van der Waals surface area contributed by atoms with Gasteiger partial charge in [-0.05, 0) is 37.0 Å². The Hall–Kier alpha value is -1.91. The van der Waals surface area contributed by atoms with E-state index in [-0.39, 0.29) is 11.7 Å². The number of aryl methyl sites for hydroxylation is 1. The molecule has 1 heterocycles. The number of methoxy groups -OCH3 is 2. The lowest BCUT2D eigenvalue weighted by Gasteiger charge is -2.06. The number of carbonyl (C=O) groups is 1. The molecule has 2 rings (SSSR count). The van der Waals surface area contributed by atoms with Crippen molar-refractivity contribution in [3.8, 4) is 5.88 Å². The highest BCUT2D eigenvalue weighted by atomic mass is 35.5. The number of rotatable bonds is 8. The van der Waals surface area contributed by atoms with Crippen LogP contribution >= 0.6 is 11.6 Å². The fourth-order valence-electron chi connectivity index (χ4n) is 2.24. The number of carbonyl (C=O) groups excluding carboxylic acids is 1. The molecular formula is C18H20ClNO3. The minimum Gasteiger partial charge on any atom is -0.480 e. The summed E-state index contributed by atoms with van der Waals surface area (Å²) in [6.07, 6.45) is 3.08. The van der Waals surface area contributed by atoms with Crippen molar-refractivity contribution >= 4 is 17.4 Å². The number of benzene rings is 1. The maximum atomic E-state index is 12.5. The number of ketones is 1. The van der Waals surface area contributed by atoms with Crippen molar-refractivity contribution in [2.24, 2.45) is 0 Å². The number of pyridine rings is 1. The molecule has 0 N–H and O–H groups in total. The van der Waals surface area contributed by atoms with Gasteiger partial charge in [-0.3, -0.25) is 4.79 Å². The number of unbranched alkanes of at least 4 members (excludes halogenated alkanes) is 1. The second-order valence-corrected chi connectivity index (χ2v) is 5.57. The van der Waals surface area contributed by atoms with E-state index in [2.05, 4.69) is 4.98 Å². The molecular weight excluding hydrogens is 314 g/mol. The SMILES string of the molecule is COCCCCc1ccc(C(=O)c2ccc(Cl)c(OC)n2)cc1. The molecule has 1 aromatic carbocycles. The second-order valence-electron chi connectivity index (χ2n) is 5.16. The fourth-order valence-corrected chi connectivity index (χ4v) is 2.42. The zero-order chi connectivity index (χ0) is 16.7. The minimum atomic E-state index is -0.147. The number of ether oxygens (including phenoxy) is 2. The van der Waals surface area contributed by atoms with E-state index < -0.39 is 0 Å². The van der Waals surface area contributed by atoms with Crippen molar-refractivity contribution in [1.29, 1.82) is 0 Å². The summed E-state index contributed by atoms with van der Waals surface area (Å²) in [5.41, 5.74) is 2.13. The molecule has 0 saturated carbocycles. The molecule has 122 valence electrons. The van der Waals surface area contributed by atoms with Gasteiger partial charge in [-0.1, -0.05) is 35.9 Å². The Morgan fingerprint density at radius 2 is 1.83 bits per heavy atom. The first kappa shape index (κ1) is 17.4. The molecule has 0 aliphatic rings. The summed E-state index contributed by atoms with van der Waals surface area (Å²) in [6.45, 7) is 0.778. The Kier molecular flexibility index (Phi) is 6.56. The Morgan fingerprint density at radius 3 is 2.48 bits per heavy atom. The highest BCUT2D eigenvalue weighted by molar-refractivity contribution is 6.31. The molecule has 0 spiro atoms. The van der Waals surface area contributed by atoms with Crippen molar-refractivity contribution in [2.75, 3.05) is 20.8 Å². The zero-order valence-electron chi connectivity index (χ0n) is 13.3. The third-order valence-electron chi connectivity index (χ3n) is 3.52. The van der Waals surface area contributed by atoms with Crippen LogP contribution in [0, 0.1) is 0 Å². The van der Waals surface area contributed by atoms with Crippen LogP contribution in [0.25, 0.3) is 0 Å². The number of hydrogen-bond acceptors (Lipinski definition) is 4. The molecule has 0 radical (unpaired) electrons. The van der Waals surface area contributed by atoms with E-state index in [1.54, 1.807) is 19.2 Å². The summed E-state index contributed by atoms with van der Waals surface area (Å²) in [7, 11) is 3.18. The second kappa shape index (κ2) is 8.65. The van der Waals surface area contributed by atoms with Crippen molar-refractivity contribution in [2.45, 2.75) is 19.3 Å². The van der Waals surface area contributed by atoms with E-state index in [1.165, 1.54) is 12.7 Å². The van der Waals surface area contributed by atoms with E-state index in [1.807, 2.05) is 24.3 Å². The quantitative estimate of drug-likeness (QED) is 0.542. The molecule has 0 fully saturated rings. The van der Waals surface area contributed by atoms with Crippen molar-refractivity contribution < 1.29 is 14.3 Å². The van der Waals surface area contributed by atoms with Gasteiger partial charge in [0.05, 0.1) is 7.11 Å². The predicted octanol–water partition coefficient (Wildman–Crippen LogP) is 3.94. The summed E-state index contributed by atoms with van der Waals surface area (Å²) in [4.78, 5) is 16.6. The van der Waals surface area contributed by atoms with Crippen LogP contribution in [0.15, 0.2) is 36.4 Å². The van der Waals surface area contributed by atoms with Gasteiger partial charge in [0, 0.05) is 19.3 Å². The van der Waals surface area contributed by atoms with E-state index in [4.69, 9.17) is 21.1 Å². The third kappa shape index (κ3) is 4.78. The van der Waals surface area contributed by atoms with Crippen LogP contribution in [0.4, 0.5) is 0 Å². The lowest BCUT2D eigenvalue weighted by atomic mass is 10.0. The topological polar surface area (TPSA) is 48.4 Å². The van der Waals surface area contributed by atoms with Crippen molar-refractivity contribution in [3.05, 3.63) is 58.2 Å².